The first kappa shape index (κ1) is 30.0. The van der Waals surface area contributed by atoms with Crippen LogP contribution in [0.1, 0.15) is 66.9 Å². The Labute approximate surface area is 232 Å². The molecule has 1 amide bonds. The molecule has 2 heterocycles. The van der Waals surface area contributed by atoms with Crippen molar-refractivity contribution in [1.82, 2.24) is 14.9 Å². The first-order valence-corrected chi connectivity index (χ1v) is 13.9. The molecule has 0 radical (unpaired) electrons. The van der Waals surface area contributed by atoms with Crippen LogP contribution in [0.3, 0.4) is 0 Å². The maximum absolute atomic E-state index is 13.6. The van der Waals surface area contributed by atoms with Crippen molar-refractivity contribution in [3.63, 3.8) is 0 Å². The zero-order valence-corrected chi connectivity index (χ0v) is 24.5. The van der Waals surface area contributed by atoms with Gasteiger partial charge in [-0.2, -0.15) is 4.98 Å². The highest BCUT2D eigenvalue weighted by Crippen LogP contribution is 2.29. The van der Waals surface area contributed by atoms with Crippen molar-refractivity contribution >= 4 is 29.5 Å². The van der Waals surface area contributed by atoms with Gasteiger partial charge in [-0.25, -0.2) is 14.6 Å². The summed E-state index contributed by atoms with van der Waals surface area (Å²) in [4.78, 5) is 39.1. The van der Waals surface area contributed by atoms with Gasteiger partial charge in [0.15, 0.2) is 5.82 Å². The minimum Gasteiger partial charge on any atom is -0.458 e. The lowest BCUT2D eigenvalue weighted by Gasteiger charge is -2.33. The first-order valence-electron chi connectivity index (χ1n) is 13.9. The van der Waals surface area contributed by atoms with E-state index in [4.69, 9.17) is 14.5 Å². The average molecular weight is 541 g/mol. The fourth-order valence-electron chi connectivity index (χ4n) is 4.41. The van der Waals surface area contributed by atoms with Crippen LogP contribution < -0.4 is 20.3 Å². The van der Waals surface area contributed by atoms with Crippen molar-refractivity contribution in [1.29, 1.82) is 0 Å². The molecule has 2 aromatic rings. The van der Waals surface area contributed by atoms with Crippen molar-refractivity contribution < 1.29 is 19.1 Å². The number of benzene rings is 1. The average Bonchev–Trinajstić information content (AvgIpc) is 3.42. The molecule has 1 aliphatic rings. The predicted octanol–water partition coefficient (Wildman–Crippen LogP) is 5.10. The van der Waals surface area contributed by atoms with Crippen molar-refractivity contribution in [2.45, 2.75) is 78.9 Å². The van der Waals surface area contributed by atoms with Crippen LogP contribution in [0.5, 0.6) is 5.75 Å². The third-order valence-corrected chi connectivity index (χ3v) is 6.48. The molecule has 10 nitrogen and oxygen atoms in total. The van der Waals surface area contributed by atoms with Crippen molar-refractivity contribution in [2.75, 3.05) is 48.3 Å². The molecule has 1 aromatic carbocycles. The Bertz CT molecular complexity index is 1110. The summed E-state index contributed by atoms with van der Waals surface area (Å²) >= 11 is 0. The SMILES string of the molecule is CCNc1cnc(N(CC)CC)nc1N[C@@](C)(Cc1ccc(OC(=O)N2CCCC2)cc1)C(=O)OC(C)(C)C. The summed E-state index contributed by atoms with van der Waals surface area (Å²) in [6.45, 7) is 17.1. The van der Waals surface area contributed by atoms with E-state index in [0.29, 0.717) is 36.2 Å². The van der Waals surface area contributed by atoms with Gasteiger partial charge in [0.2, 0.25) is 5.95 Å². The Kier molecular flexibility index (Phi) is 9.99. The molecule has 0 bridgehead atoms. The molecular formula is C29H44N6O4. The summed E-state index contributed by atoms with van der Waals surface area (Å²) in [6.07, 6.45) is 3.74. The maximum Gasteiger partial charge on any atom is 0.415 e. The van der Waals surface area contributed by atoms with Gasteiger partial charge in [-0.15, -0.1) is 0 Å². The molecule has 214 valence electrons. The molecule has 1 aromatic heterocycles. The van der Waals surface area contributed by atoms with E-state index < -0.39 is 17.1 Å². The van der Waals surface area contributed by atoms with Crippen LogP contribution in [0.15, 0.2) is 30.5 Å². The monoisotopic (exact) mass is 540 g/mol. The molecule has 1 aliphatic heterocycles. The van der Waals surface area contributed by atoms with E-state index >= 15 is 0 Å². The number of anilines is 3. The Hall–Kier alpha value is -3.56. The standard InChI is InChI=1S/C29H44N6O4/c1-8-30-23-20-31-26(34(9-2)10-3)32-24(23)33-29(7,25(36)39-28(4,5)6)19-21-13-15-22(16-14-21)38-27(37)35-17-11-12-18-35/h13-16,20,30H,8-12,17-19H2,1-7H3,(H,31,32,33)/t29-/m0/s1. The first-order chi connectivity index (χ1) is 18.5. The van der Waals surface area contributed by atoms with Gasteiger partial charge in [0.1, 0.15) is 16.9 Å². The summed E-state index contributed by atoms with van der Waals surface area (Å²) in [5, 5.41) is 6.69. The highest BCUT2D eigenvalue weighted by atomic mass is 16.6. The Morgan fingerprint density at radius 2 is 1.67 bits per heavy atom. The molecule has 2 N–H and O–H groups in total. The van der Waals surface area contributed by atoms with E-state index in [-0.39, 0.29) is 6.09 Å². The van der Waals surface area contributed by atoms with Gasteiger partial charge in [-0.1, -0.05) is 12.1 Å². The van der Waals surface area contributed by atoms with Gasteiger partial charge >= 0.3 is 12.1 Å². The fraction of sp³-hybridized carbons (Fsp3) is 0.586. The minimum absolute atomic E-state index is 0.318. The molecular weight excluding hydrogens is 496 g/mol. The van der Waals surface area contributed by atoms with Crippen LogP contribution in [0, 0.1) is 0 Å². The van der Waals surface area contributed by atoms with Crippen LogP contribution in [-0.4, -0.2) is 70.8 Å². The van der Waals surface area contributed by atoms with Gasteiger partial charge < -0.3 is 29.9 Å². The smallest absolute Gasteiger partial charge is 0.415 e. The fourth-order valence-corrected chi connectivity index (χ4v) is 4.41. The van der Waals surface area contributed by atoms with Crippen LogP contribution >= 0.6 is 0 Å². The summed E-state index contributed by atoms with van der Waals surface area (Å²) < 4.78 is 11.4. The maximum atomic E-state index is 13.6. The molecule has 39 heavy (non-hydrogen) atoms. The molecule has 10 heteroatoms. The highest BCUT2D eigenvalue weighted by molar-refractivity contribution is 5.86. The number of amides is 1. The van der Waals surface area contributed by atoms with Crippen molar-refractivity contribution in [3.05, 3.63) is 36.0 Å². The molecule has 0 spiro atoms. The third-order valence-electron chi connectivity index (χ3n) is 6.48. The number of rotatable bonds is 11. The molecule has 0 unspecified atom stereocenters. The number of ether oxygens (including phenoxy) is 2. The van der Waals surface area contributed by atoms with Gasteiger partial charge in [0.25, 0.3) is 0 Å². The summed E-state index contributed by atoms with van der Waals surface area (Å²) in [7, 11) is 0. The van der Waals surface area contributed by atoms with E-state index in [1.807, 2.05) is 51.7 Å². The zero-order valence-electron chi connectivity index (χ0n) is 24.5. The van der Waals surface area contributed by atoms with Crippen molar-refractivity contribution in [2.24, 2.45) is 0 Å². The topological polar surface area (TPSA) is 109 Å². The quantitative estimate of drug-likeness (QED) is 0.376. The van der Waals surface area contributed by atoms with E-state index in [1.54, 1.807) is 23.2 Å². The molecule has 1 saturated heterocycles. The van der Waals surface area contributed by atoms with Crippen LogP contribution in [-0.2, 0) is 16.0 Å². The predicted molar refractivity (Wildman–Crippen MR) is 155 cm³/mol. The summed E-state index contributed by atoms with van der Waals surface area (Å²) in [5.74, 6) is 1.18. The van der Waals surface area contributed by atoms with Gasteiger partial charge in [0, 0.05) is 39.1 Å². The highest BCUT2D eigenvalue weighted by Gasteiger charge is 2.38. The lowest BCUT2D eigenvalue weighted by molar-refractivity contribution is -0.160. The number of nitrogens with one attached hydrogen (secondary N) is 2. The molecule has 3 rings (SSSR count). The van der Waals surface area contributed by atoms with E-state index in [1.165, 1.54) is 0 Å². The van der Waals surface area contributed by atoms with E-state index in [9.17, 15) is 9.59 Å². The minimum atomic E-state index is -1.15. The number of likely N-dealkylation sites (tertiary alicyclic amines) is 1. The lowest BCUT2D eigenvalue weighted by Crippen LogP contribution is -2.49. The van der Waals surface area contributed by atoms with Gasteiger partial charge in [-0.3, -0.25) is 0 Å². The molecule has 1 fully saturated rings. The van der Waals surface area contributed by atoms with E-state index in [0.717, 1.165) is 44.6 Å². The second kappa shape index (κ2) is 13.0. The van der Waals surface area contributed by atoms with Crippen LogP contribution in [0.25, 0.3) is 0 Å². The summed E-state index contributed by atoms with van der Waals surface area (Å²) in [5.41, 5.74) is -0.247. The number of hydrogen-bond donors (Lipinski definition) is 2. The lowest BCUT2D eigenvalue weighted by atomic mass is 9.92. The molecule has 0 aliphatic carbocycles. The number of aromatic nitrogens is 2. The zero-order chi connectivity index (χ0) is 28.6. The third kappa shape index (κ3) is 8.21. The molecule has 0 saturated carbocycles. The van der Waals surface area contributed by atoms with Gasteiger partial charge in [0.05, 0.1) is 11.9 Å². The second-order valence-corrected chi connectivity index (χ2v) is 11.0. The normalized spacial score (nSPS) is 14.9. The number of hydrogen-bond acceptors (Lipinski definition) is 9. The number of carbonyl (C=O) groups is 2. The number of nitrogens with zero attached hydrogens (tertiary/aromatic N) is 4. The number of carbonyl (C=O) groups excluding carboxylic acids is 2. The molecule has 1 atom stereocenters. The second-order valence-electron chi connectivity index (χ2n) is 11.0. The van der Waals surface area contributed by atoms with Gasteiger partial charge in [-0.05, 0) is 79.0 Å². The van der Waals surface area contributed by atoms with Crippen LogP contribution in [0.2, 0.25) is 0 Å². The number of esters is 1. The van der Waals surface area contributed by atoms with E-state index in [2.05, 4.69) is 29.5 Å². The Balaban J connectivity index is 1.89. The largest absolute Gasteiger partial charge is 0.458 e. The van der Waals surface area contributed by atoms with Crippen molar-refractivity contribution in [3.8, 4) is 5.75 Å². The Morgan fingerprint density at radius 3 is 2.23 bits per heavy atom. The summed E-state index contributed by atoms with van der Waals surface area (Å²) in [6, 6.07) is 7.24. The van der Waals surface area contributed by atoms with Crippen LogP contribution in [0.4, 0.5) is 22.2 Å². The Morgan fingerprint density at radius 1 is 1.03 bits per heavy atom.